The summed E-state index contributed by atoms with van der Waals surface area (Å²) in [5.41, 5.74) is 0.398. The largest absolute Gasteiger partial charge is 0.472 e. The van der Waals surface area contributed by atoms with Crippen LogP contribution in [0.5, 0.6) is 5.88 Å². The SMILES string of the molecule is [B]C([B])([B])n1cc(NC=O)c(OC2CCC2C)n1. The predicted molar refractivity (Wildman–Crippen MR) is 70.0 cm³/mol. The molecule has 2 atom stereocenters. The summed E-state index contributed by atoms with van der Waals surface area (Å²) in [7, 11) is 16.6. The number of nitrogens with one attached hydrogen (secondary N) is 1. The van der Waals surface area contributed by atoms with Crippen LogP contribution in [0.15, 0.2) is 6.20 Å². The highest BCUT2D eigenvalue weighted by Crippen LogP contribution is 2.33. The van der Waals surface area contributed by atoms with E-state index in [1.807, 2.05) is 0 Å². The number of amides is 1. The fourth-order valence-electron chi connectivity index (χ4n) is 1.76. The van der Waals surface area contributed by atoms with Crippen LogP contribution in [0.4, 0.5) is 5.69 Å². The van der Waals surface area contributed by atoms with E-state index in [4.69, 9.17) is 28.3 Å². The maximum absolute atomic E-state index is 10.5. The Bertz CT molecular complexity index is 444. The Morgan fingerprint density at radius 2 is 2.28 bits per heavy atom. The molecule has 0 saturated heterocycles. The van der Waals surface area contributed by atoms with E-state index >= 15 is 0 Å². The second kappa shape index (κ2) is 4.74. The molecule has 0 aromatic carbocycles. The second-order valence-electron chi connectivity index (χ2n) is 4.65. The van der Waals surface area contributed by atoms with E-state index in [1.165, 1.54) is 6.20 Å². The van der Waals surface area contributed by atoms with E-state index in [0.29, 0.717) is 18.0 Å². The zero-order valence-corrected chi connectivity index (χ0v) is 10.2. The average molecular weight is 239 g/mol. The zero-order valence-electron chi connectivity index (χ0n) is 10.2. The van der Waals surface area contributed by atoms with Gasteiger partial charge in [-0.05, 0) is 24.0 Å². The van der Waals surface area contributed by atoms with Gasteiger partial charge in [0.15, 0.2) is 0 Å². The third-order valence-electron chi connectivity index (χ3n) is 3.10. The normalized spacial score (nSPS) is 23.2. The molecule has 0 spiro atoms. The monoisotopic (exact) mass is 239 g/mol. The lowest BCUT2D eigenvalue weighted by Gasteiger charge is -2.33. The van der Waals surface area contributed by atoms with Gasteiger partial charge in [0.1, 0.15) is 11.8 Å². The molecule has 5 nitrogen and oxygen atoms in total. The molecule has 88 valence electrons. The van der Waals surface area contributed by atoms with Crippen molar-refractivity contribution >= 4 is 35.6 Å². The number of anilines is 1. The van der Waals surface area contributed by atoms with E-state index < -0.39 is 5.24 Å². The highest BCUT2D eigenvalue weighted by Gasteiger charge is 2.30. The highest BCUT2D eigenvalue weighted by molar-refractivity contribution is 6.56. The maximum atomic E-state index is 10.5. The molecule has 1 fully saturated rings. The molecule has 6 radical (unpaired) electrons. The van der Waals surface area contributed by atoms with Gasteiger partial charge in [-0.3, -0.25) is 9.48 Å². The van der Waals surface area contributed by atoms with Gasteiger partial charge in [0.2, 0.25) is 6.41 Å². The first kappa shape index (κ1) is 13.1. The smallest absolute Gasteiger partial charge is 0.257 e. The lowest BCUT2D eigenvalue weighted by molar-refractivity contribution is -0.105. The van der Waals surface area contributed by atoms with Gasteiger partial charge in [-0.15, -0.1) is 5.10 Å². The topological polar surface area (TPSA) is 56.2 Å². The van der Waals surface area contributed by atoms with Crippen LogP contribution in [-0.4, -0.2) is 45.8 Å². The summed E-state index contributed by atoms with van der Waals surface area (Å²) in [6.45, 7) is 2.09. The molecule has 0 bridgehead atoms. The Labute approximate surface area is 110 Å². The van der Waals surface area contributed by atoms with Crippen molar-refractivity contribution in [2.24, 2.45) is 5.92 Å². The first-order valence-electron chi connectivity index (χ1n) is 5.75. The van der Waals surface area contributed by atoms with Crippen LogP contribution < -0.4 is 10.1 Å². The van der Waals surface area contributed by atoms with Crippen molar-refractivity contribution in [3.05, 3.63) is 6.20 Å². The summed E-state index contributed by atoms with van der Waals surface area (Å²) in [5, 5.41) is 4.90. The summed E-state index contributed by atoms with van der Waals surface area (Å²) in [6.07, 6.45) is 4.16. The Hall–Kier alpha value is -1.33. The number of carbonyl (C=O) groups is 1. The number of ether oxygens (including phenoxy) is 1. The van der Waals surface area contributed by atoms with Crippen LogP contribution in [0.2, 0.25) is 0 Å². The molecule has 0 aliphatic heterocycles. The third-order valence-corrected chi connectivity index (χ3v) is 3.10. The number of hydrogen-bond acceptors (Lipinski definition) is 3. The number of rotatable bonds is 5. The lowest BCUT2D eigenvalue weighted by Crippen LogP contribution is -2.36. The van der Waals surface area contributed by atoms with Crippen molar-refractivity contribution in [3.8, 4) is 5.88 Å². The molecule has 1 heterocycles. The molecule has 1 N–H and O–H groups in total. The quantitative estimate of drug-likeness (QED) is 0.566. The fourth-order valence-corrected chi connectivity index (χ4v) is 1.76. The van der Waals surface area contributed by atoms with Crippen molar-refractivity contribution in [2.75, 3.05) is 5.32 Å². The average Bonchev–Trinajstić information content (AvgIpc) is 2.68. The van der Waals surface area contributed by atoms with Gasteiger partial charge in [0.05, 0.1) is 29.7 Å². The van der Waals surface area contributed by atoms with Crippen molar-refractivity contribution in [1.29, 1.82) is 0 Å². The second-order valence-corrected chi connectivity index (χ2v) is 4.65. The summed E-state index contributed by atoms with van der Waals surface area (Å²) >= 11 is 0. The highest BCUT2D eigenvalue weighted by atomic mass is 16.5. The molecular formula is C10H12B3N3O2. The van der Waals surface area contributed by atoms with Gasteiger partial charge in [0, 0.05) is 0 Å². The molecule has 1 aromatic rings. The van der Waals surface area contributed by atoms with E-state index in [-0.39, 0.29) is 12.0 Å². The Morgan fingerprint density at radius 3 is 2.72 bits per heavy atom. The summed E-state index contributed by atoms with van der Waals surface area (Å²) in [4.78, 5) is 10.5. The van der Waals surface area contributed by atoms with Crippen molar-refractivity contribution in [3.63, 3.8) is 0 Å². The van der Waals surface area contributed by atoms with E-state index in [9.17, 15) is 4.79 Å². The van der Waals surface area contributed by atoms with Gasteiger partial charge in [-0.2, -0.15) is 0 Å². The van der Waals surface area contributed by atoms with Gasteiger partial charge >= 0.3 is 0 Å². The summed E-state index contributed by atoms with van der Waals surface area (Å²) in [5.74, 6) is 0.752. The molecule has 2 rings (SSSR count). The van der Waals surface area contributed by atoms with Crippen LogP contribution in [0.1, 0.15) is 19.8 Å². The maximum Gasteiger partial charge on any atom is 0.257 e. The lowest BCUT2D eigenvalue weighted by atomic mass is 9.49. The molecule has 18 heavy (non-hydrogen) atoms. The number of nitrogens with zero attached hydrogens (tertiary/aromatic N) is 2. The molecule has 1 amide bonds. The van der Waals surface area contributed by atoms with Crippen LogP contribution in [-0.2, 0) is 10.0 Å². The van der Waals surface area contributed by atoms with Gasteiger partial charge < -0.3 is 10.1 Å². The summed E-state index contributed by atoms with van der Waals surface area (Å²) in [6, 6.07) is 0. The minimum Gasteiger partial charge on any atom is -0.472 e. The molecule has 1 aromatic heterocycles. The van der Waals surface area contributed by atoms with Gasteiger partial charge in [-0.1, -0.05) is 6.92 Å². The molecule has 1 aliphatic carbocycles. The van der Waals surface area contributed by atoms with Crippen LogP contribution in [0.25, 0.3) is 0 Å². The molecule has 1 saturated carbocycles. The van der Waals surface area contributed by atoms with Crippen LogP contribution >= 0.6 is 0 Å². The standard InChI is InChI=1S/C10H12B3N3O2/c1-6-2-3-8(6)18-9-7(14-5-17)4-16(15-9)10(11,12)13/h4-6,8H,2-3H2,1H3,(H,14,17). The van der Waals surface area contributed by atoms with E-state index in [2.05, 4.69) is 17.3 Å². The number of hydrogen-bond donors (Lipinski definition) is 1. The first-order chi connectivity index (χ1) is 8.41. The minimum atomic E-state index is -1.63. The first-order valence-corrected chi connectivity index (χ1v) is 5.75. The minimum absolute atomic E-state index is 0.100. The summed E-state index contributed by atoms with van der Waals surface area (Å²) < 4.78 is 6.85. The van der Waals surface area contributed by atoms with Crippen molar-refractivity contribution < 1.29 is 9.53 Å². The number of aromatic nitrogens is 2. The molecule has 1 aliphatic rings. The molecule has 2 unspecified atom stereocenters. The Balaban J connectivity index is 2.20. The van der Waals surface area contributed by atoms with Crippen molar-refractivity contribution in [1.82, 2.24) is 9.78 Å². The van der Waals surface area contributed by atoms with Crippen LogP contribution in [0.3, 0.4) is 0 Å². The molecular weight excluding hydrogens is 227 g/mol. The van der Waals surface area contributed by atoms with E-state index in [1.54, 1.807) is 0 Å². The molecule has 8 heteroatoms. The van der Waals surface area contributed by atoms with Gasteiger partial charge in [-0.25, -0.2) is 0 Å². The fraction of sp³-hybridized carbons (Fsp3) is 0.600. The van der Waals surface area contributed by atoms with Gasteiger partial charge in [0.25, 0.3) is 5.88 Å². The zero-order chi connectivity index (χ0) is 13.3. The predicted octanol–water partition coefficient (Wildman–Crippen LogP) is -0.298. The Morgan fingerprint density at radius 1 is 1.56 bits per heavy atom. The third kappa shape index (κ3) is 2.57. The Kier molecular flexibility index (Phi) is 3.46. The van der Waals surface area contributed by atoms with Crippen molar-refractivity contribution in [2.45, 2.75) is 31.1 Å². The van der Waals surface area contributed by atoms with E-state index in [0.717, 1.165) is 17.5 Å². The number of carbonyl (C=O) groups excluding carboxylic acids is 1. The van der Waals surface area contributed by atoms with Crippen LogP contribution in [0, 0.1) is 5.92 Å².